The lowest BCUT2D eigenvalue weighted by atomic mass is 10.1. The number of halogens is 2. The Kier molecular flexibility index (Phi) is 4.81. The maximum absolute atomic E-state index is 11.7. The zero-order valence-electron chi connectivity index (χ0n) is 10.2. The summed E-state index contributed by atoms with van der Waals surface area (Å²) in [6.45, 7) is 0. The van der Waals surface area contributed by atoms with Crippen molar-refractivity contribution < 1.29 is 9.59 Å². The first-order valence-electron chi connectivity index (χ1n) is 5.72. The summed E-state index contributed by atoms with van der Waals surface area (Å²) in [5.74, 6) is -0.730. The molecule has 1 aromatic carbocycles. The van der Waals surface area contributed by atoms with Crippen LogP contribution in [0.5, 0.6) is 0 Å². The highest BCUT2D eigenvalue weighted by Crippen LogP contribution is 2.10. The van der Waals surface area contributed by atoms with Crippen molar-refractivity contribution in [1.82, 2.24) is 15.8 Å². The summed E-state index contributed by atoms with van der Waals surface area (Å²) in [4.78, 5) is 26.1. The van der Waals surface area contributed by atoms with Gasteiger partial charge in [0, 0.05) is 15.7 Å². The van der Waals surface area contributed by atoms with Gasteiger partial charge in [-0.15, -0.1) is 0 Å². The molecule has 0 saturated carbocycles. The van der Waals surface area contributed by atoms with E-state index in [-0.39, 0.29) is 12.3 Å². The van der Waals surface area contributed by atoms with Gasteiger partial charge >= 0.3 is 0 Å². The van der Waals surface area contributed by atoms with Gasteiger partial charge in [0.05, 0.1) is 6.42 Å². The minimum Gasteiger partial charge on any atom is -0.356 e. The summed E-state index contributed by atoms with van der Waals surface area (Å²) in [5.41, 5.74) is 5.83. The summed E-state index contributed by atoms with van der Waals surface area (Å²) in [6.07, 6.45) is 1.79. The summed E-state index contributed by atoms with van der Waals surface area (Å²) >= 11 is 8.98. The molecule has 0 aliphatic carbocycles. The molecule has 7 heteroatoms. The molecule has 1 aromatic heterocycles. The molecule has 0 spiro atoms. The first kappa shape index (κ1) is 14.6. The molecule has 0 aliphatic heterocycles. The average Bonchev–Trinajstić information content (AvgIpc) is 2.85. The lowest BCUT2D eigenvalue weighted by molar-refractivity contribution is -0.121. The molecule has 2 amide bonds. The van der Waals surface area contributed by atoms with E-state index in [0.29, 0.717) is 10.7 Å². The van der Waals surface area contributed by atoms with Crippen LogP contribution in [0, 0.1) is 0 Å². The van der Waals surface area contributed by atoms with E-state index >= 15 is 0 Å². The molecule has 0 saturated heterocycles. The Morgan fingerprint density at radius 3 is 2.50 bits per heavy atom. The third-order valence-electron chi connectivity index (χ3n) is 2.49. The maximum atomic E-state index is 11.7. The van der Waals surface area contributed by atoms with E-state index < -0.39 is 5.91 Å². The van der Waals surface area contributed by atoms with Gasteiger partial charge in [0.15, 0.2) is 0 Å². The van der Waals surface area contributed by atoms with Crippen LogP contribution in [0.3, 0.4) is 0 Å². The molecular weight excluding hydrogens is 346 g/mol. The van der Waals surface area contributed by atoms with Crippen molar-refractivity contribution in [2.45, 2.75) is 6.42 Å². The summed E-state index contributed by atoms with van der Waals surface area (Å²) < 4.78 is 0.759. The first-order chi connectivity index (χ1) is 9.54. The molecule has 2 rings (SSSR count). The highest BCUT2D eigenvalue weighted by atomic mass is 79.9. The largest absolute Gasteiger partial charge is 0.356 e. The molecule has 0 aliphatic rings. The fraction of sp³-hybridized carbons (Fsp3) is 0.0769. The Hall–Kier alpha value is -1.79. The average molecular weight is 357 g/mol. The molecule has 2 aromatic rings. The number of nitrogens with one attached hydrogen (secondary N) is 3. The number of aromatic amines is 1. The van der Waals surface area contributed by atoms with Gasteiger partial charge in [-0.2, -0.15) is 0 Å². The number of hydrogen-bond donors (Lipinski definition) is 3. The molecule has 0 fully saturated rings. The fourth-order valence-electron chi connectivity index (χ4n) is 1.52. The van der Waals surface area contributed by atoms with Crippen molar-refractivity contribution in [3.63, 3.8) is 0 Å². The highest BCUT2D eigenvalue weighted by molar-refractivity contribution is 9.10. The van der Waals surface area contributed by atoms with Crippen LogP contribution in [0.25, 0.3) is 0 Å². The van der Waals surface area contributed by atoms with Crippen LogP contribution >= 0.6 is 27.5 Å². The van der Waals surface area contributed by atoms with Gasteiger partial charge in [0.1, 0.15) is 5.69 Å². The molecule has 1 heterocycles. The summed E-state index contributed by atoms with van der Waals surface area (Å²) in [7, 11) is 0. The minimum absolute atomic E-state index is 0.159. The third kappa shape index (κ3) is 4.11. The van der Waals surface area contributed by atoms with Crippen LogP contribution < -0.4 is 10.9 Å². The Balaban J connectivity index is 1.83. The van der Waals surface area contributed by atoms with Crippen LogP contribution in [-0.4, -0.2) is 16.8 Å². The van der Waals surface area contributed by atoms with Crippen LogP contribution in [0.2, 0.25) is 5.02 Å². The van der Waals surface area contributed by atoms with Gasteiger partial charge in [0.25, 0.3) is 5.91 Å². The standard InChI is InChI=1S/C13H11BrClN3O2/c14-9-6-11(16-7-9)13(20)18-17-12(19)5-8-1-3-10(15)4-2-8/h1-4,6-7,16H,5H2,(H,17,19)(H,18,20). The molecule has 20 heavy (non-hydrogen) atoms. The molecule has 5 nitrogen and oxygen atoms in total. The summed E-state index contributed by atoms with van der Waals surface area (Å²) in [5, 5.41) is 0.611. The number of aromatic nitrogens is 1. The SMILES string of the molecule is O=C(Cc1ccc(Cl)cc1)NNC(=O)c1cc(Br)c[nH]1. The molecule has 104 valence electrons. The van der Waals surface area contributed by atoms with Crippen LogP contribution in [0.15, 0.2) is 41.0 Å². The van der Waals surface area contributed by atoms with E-state index in [1.807, 2.05) is 0 Å². The third-order valence-corrected chi connectivity index (χ3v) is 3.20. The van der Waals surface area contributed by atoms with Crippen molar-refractivity contribution >= 4 is 39.3 Å². The molecule has 3 N–H and O–H groups in total. The number of carbonyl (C=O) groups excluding carboxylic acids is 2. The van der Waals surface area contributed by atoms with E-state index in [0.717, 1.165) is 10.0 Å². The van der Waals surface area contributed by atoms with Crippen LogP contribution in [0.1, 0.15) is 16.1 Å². The fourth-order valence-corrected chi connectivity index (χ4v) is 1.99. The first-order valence-corrected chi connectivity index (χ1v) is 6.89. The topological polar surface area (TPSA) is 74.0 Å². The van der Waals surface area contributed by atoms with E-state index in [4.69, 9.17) is 11.6 Å². The van der Waals surface area contributed by atoms with E-state index in [1.54, 1.807) is 36.5 Å². The second-order valence-electron chi connectivity index (χ2n) is 4.04. The predicted octanol–water partition coefficient (Wildman–Crippen LogP) is 2.43. The lowest BCUT2D eigenvalue weighted by Crippen LogP contribution is -2.42. The van der Waals surface area contributed by atoms with Gasteiger partial charge < -0.3 is 4.98 Å². The normalized spacial score (nSPS) is 10.1. The number of hydrazine groups is 1. The number of benzene rings is 1. The van der Waals surface area contributed by atoms with Gasteiger partial charge in [-0.3, -0.25) is 20.4 Å². The second-order valence-corrected chi connectivity index (χ2v) is 5.39. The molecule has 0 radical (unpaired) electrons. The molecular formula is C13H11BrClN3O2. The van der Waals surface area contributed by atoms with Crippen molar-refractivity contribution in [2.24, 2.45) is 0 Å². The predicted molar refractivity (Wildman–Crippen MR) is 79.3 cm³/mol. The smallest absolute Gasteiger partial charge is 0.286 e. The monoisotopic (exact) mass is 355 g/mol. The Morgan fingerprint density at radius 2 is 1.90 bits per heavy atom. The molecule has 0 unspecified atom stereocenters. The second kappa shape index (κ2) is 6.58. The van der Waals surface area contributed by atoms with E-state index in [1.165, 1.54) is 0 Å². The number of H-pyrrole nitrogens is 1. The van der Waals surface area contributed by atoms with Crippen molar-refractivity contribution in [3.05, 3.63) is 57.3 Å². The van der Waals surface area contributed by atoms with Crippen molar-refractivity contribution in [2.75, 3.05) is 0 Å². The van der Waals surface area contributed by atoms with E-state index in [9.17, 15) is 9.59 Å². The van der Waals surface area contributed by atoms with E-state index in [2.05, 4.69) is 31.8 Å². The van der Waals surface area contributed by atoms with Crippen LogP contribution in [-0.2, 0) is 11.2 Å². The Labute approximate surface area is 128 Å². The molecule has 0 atom stereocenters. The minimum atomic E-state index is -0.417. The zero-order valence-corrected chi connectivity index (χ0v) is 12.6. The van der Waals surface area contributed by atoms with Gasteiger partial charge in [-0.25, -0.2) is 0 Å². The Bertz CT molecular complexity index is 625. The highest BCUT2D eigenvalue weighted by Gasteiger charge is 2.09. The number of hydrogen-bond acceptors (Lipinski definition) is 2. The van der Waals surface area contributed by atoms with Gasteiger partial charge in [-0.05, 0) is 39.7 Å². The van der Waals surface area contributed by atoms with Crippen LogP contribution in [0.4, 0.5) is 0 Å². The lowest BCUT2D eigenvalue weighted by Gasteiger charge is -2.06. The Morgan fingerprint density at radius 1 is 1.20 bits per heavy atom. The number of carbonyl (C=O) groups is 2. The zero-order chi connectivity index (χ0) is 14.5. The quantitative estimate of drug-likeness (QED) is 0.739. The van der Waals surface area contributed by atoms with Crippen molar-refractivity contribution in [3.8, 4) is 0 Å². The van der Waals surface area contributed by atoms with Gasteiger partial charge in [-0.1, -0.05) is 23.7 Å². The number of amides is 2. The maximum Gasteiger partial charge on any atom is 0.286 e. The summed E-state index contributed by atoms with van der Waals surface area (Å²) in [6, 6.07) is 8.54. The number of rotatable bonds is 3. The van der Waals surface area contributed by atoms with Crippen molar-refractivity contribution in [1.29, 1.82) is 0 Å². The molecule has 0 bridgehead atoms. The van der Waals surface area contributed by atoms with Gasteiger partial charge in [0.2, 0.25) is 5.91 Å².